The minimum atomic E-state index is 0.454. The van der Waals surface area contributed by atoms with Gasteiger partial charge in [-0.25, -0.2) is 0 Å². The van der Waals surface area contributed by atoms with E-state index in [1.807, 2.05) is 0 Å². The molecule has 72 valence electrons. The molecule has 1 aliphatic rings. The molecule has 2 N–H and O–H groups in total. The Morgan fingerprint density at radius 3 is 2.92 bits per heavy atom. The van der Waals surface area contributed by atoms with E-state index in [0.29, 0.717) is 12.5 Å². The molecule has 0 amide bonds. The highest BCUT2D eigenvalue weighted by atomic mass is 16.5. The highest BCUT2D eigenvalue weighted by molar-refractivity contribution is 5.17. The maximum absolute atomic E-state index is 5.57. The lowest BCUT2D eigenvalue weighted by atomic mass is 9.95. The third-order valence-electron chi connectivity index (χ3n) is 2.49. The molecule has 13 heavy (non-hydrogen) atoms. The van der Waals surface area contributed by atoms with Crippen molar-refractivity contribution in [1.29, 1.82) is 0 Å². The highest BCUT2D eigenvalue weighted by Gasteiger charge is 2.21. The number of hydrogen-bond acceptors (Lipinski definition) is 4. The Hall–Kier alpha value is -0.870. The zero-order chi connectivity index (χ0) is 9.10. The normalized spacial score (nSPS) is 19.2. The molecule has 0 bridgehead atoms. The first-order chi connectivity index (χ1) is 6.42. The van der Waals surface area contributed by atoms with Gasteiger partial charge in [0, 0.05) is 31.2 Å². The number of aromatic nitrogens is 1. The molecule has 2 rings (SSSR count). The molecular weight excluding hydrogens is 168 g/mol. The Morgan fingerprint density at radius 2 is 2.23 bits per heavy atom. The molecule has 0 atom stereocenters. The van der Waals surface area contributed by atoms with Gasteiger partial charge in [0.15, 0.2) is 0 Å². The van der Waals surface area contributed by atoms with E-state index in [4.69, 9.17) is 15.0 Å². The van der Waals surface area contributed by atoms with Crippen LogP contribution < -0.4 is 5.73 Å². The van der Waals surface area contributed by atoms with E-state index in [2.05, 4.69) is 5.16 Å². The van der Waals surface area contributed by atoms with Crippen molar-refractivity contribution in [3.63, 3.8) is 0 Å². The Labute approximate surface area is 77.0 Å². The fourth-order valence-corrected chi connectivity index (χ4v) is 1.72. The van der Waals surface area contributed by atoms with Gasteiger partial charge < -0.3 is 15.0 Å². The topological polar surface area (TPSA) is 61.3 Å². The second-order valence-electron chi connectivity index (χ2n) is 3.31. The molecule has 0 aromatic carbocycles. The van der Waals surface area contributed by atoms with Gasteiger partial charge in [-0.05, 0) is 12.8 Å². The van der Waals surface area contributed by atoms with E-state index in [1.54, 1.807) is 6.20 Å². The maximum atomic E-state index is 5.57. The summed E-state index contributed by atoms with van der Waals surface area (Å²) in [6.07, 6.45) is 3.75. The average Bonchev–Trinajstić information content (AvgIpc) is 2.67. The summed E-state index contributed by atoms with van der Waals surface area (Å²) in [7, 11) is 0. The van der Waals surface area contributed by atoms with Crippen LogP contribution in [-0.2, 0) is 11.3 Å². The SMILES string of the molecule is NCc1cnoc1C1CCOCC1. The second-order valence-corrected chi connectivity index (χ2v) is 3.31. The Balaban J connectivity index is 2.13. The third kappa shape index (κ3) is 1.73. The summed E-state index contributed by atoms with van der Waals surface area (Å²) in [6.45, 7) is 2.14. The number of nitrogens with zero attached hydrogens (tertiary/aromatic N) is 1. The minimum Gasteiger partial charge on any atom is -0.381 e. The molecule has 1 fully saturated rings. The minimum absolute atomic E-state index is 0.454. The van der Waals surface area contributed by atoms with Crippen LogP contribution >= 0.6 is 0 Å². The van der Waals surface area contributed by atoms with Crippen LogP contribution in [0.1, 0.15) is 30.1 Å². The van der Waals surface area contributed by atoms with Gasteiger partial charge in [0.25, 0.3) is 0 Å². The van der Waals surface area contributed by atoms with Crippen LogP contribution in [0.25, 0.3) is 0 Å². The van der Waals surface area contributed by atoms with Gasteiger partial charge in [-0.15, -0.1) is 0 Å². The summed E-state index contributed by atoms with van der Waals surface area (Å²) in [4.78, 5) is 0. The van der Waals surface area contributed by atoms with Crippen LogP contribution in [0.15, 0.2) is 10.7 Å². The van der Waals surface area contributed by atoms with Gasteiger partial charge >= 0.3 is 0 Å². The fraction of sp³-hybridized carbons (Fsp3) is 0.667. The van der Waals surface area contributed by atoms with Crippen LogP contribution in [0.3, 0.4) is 0 Å². The van der Waals surface area contributed by atoms with E-state index in [9.17, 15) is 0 Å². The quantitative estimate of drug-likeness (QED) is 0.742. The summed E-state index contributed by atoms with van der Waals surface area (Å²) in [5.41, 5.74) is 6.60. The molecule has 1 saturated heterocycles. The molecule has 1 aromatic heterocycles. The third-order valence-corrected chi connectivity index (χ3v) is 2.49. The van der Waals surface area contributed by atoms with Crippen molar-refractivity contribution in [2.45, 2.75) is 25.3 Å². The number of nitrogens with two attached hydrogens (primary N) is 1. The van der Waals surface area contributed by atoms with Gasteiger partial charge in [0.1, 0.15) is 5.76 Å². The molecule has 0 unspecified atom stereocenters. The molecular formula is C9H14N2O2. The molecule has 0 aliphatic carbocycles. The number of ether oxygens (including phenoxy) is 1. The molecule has 4 nitrogen and oxygen atoms in total. The van der Waals surface area contributed by atoms with Crippen molar-refractivity contribution in [1.82, 2.24) is 5.16 Å². The smallest absolute Gasteiger partial charge is 0.144 e. The fourth-order valence-electron chi connectivity index (χ4n) is 1.72. The average molecular weight is 182 g/mol. The van der Waals surface area contributed by atoms with Gasteiger partial charge in [-0.1, -0.05) is 5.16 Å². The second kappa shape index (κ2) is 3.89. The van der Waals surface area contributed by atoms with Crippen molar-refractivity contribution in [2.75, 3.05) is 13.2 Å². The van der Waals surface area contributed by atoms with Crippen molar-refractivity contribution in [3.8, 4) is 0 Å². The predicted octanol–water partition coefficient (Wildman–Crippen LogP) is 1.03. The molecule has 1 aliphatic heterocycles. The summed E-state index contributed by atoms with van der Waals surface area (Å²) < 4.78 is 10.5. The lowest BCUT2D eigenvalue weighted by Crippen LogP contribution is -2.15. The zero-order valence-electron chi connectivity index (χ0n) is 7.53. The Bertz CT molecular complexity index is 266. The molecule has 4 heteroatoms. The monoisotopic (exact) mass is 182 g/mol. The molecule has 0 radical (unpaired) electrons. The standard InChI is InChI=1S/C9H14N2O2/c10-5-8-6-11-13-9(8)7-1-3-12-4-2-7/h6-7H,1-5,10H2. The van der Waals surface area contributed by atoms with Gasteiger partial charge in [0.2, 0.25) is 0 Å². The van der Waals surface area contributed by atoms with E-state index < -0.39 is 0 Å². The summed E-state index contributed by atoms with van der Waals surface area (Å²) in [5.74, 6) is 1.42. The lowest BCUT2D eigenvalue weighted by molar-refractivity contribution is 0.0788. The van der Waals surface area contributed by atoms with Gasteiger partial charge in [-0.2, -0.15) is 0 Å². The maximum Gasteiger partial charge on any atom is 0.144 e. The van der Waals surface area contributed by atoms with Crippen molar-refractivity contribution < 1.29 is 9.26 Å². The predicted molar refractivity (Wildman–Crippen MR) is 47.2 cm³/mol. The number of hydrogen-bond donors (Lipinski definition) is 1. The first kappa shape index (κ1) is 8.72. The van der Waals surface area contributed by atoms with Crippen molar-refractivity contribution in [2.24, 2.45) is 5.73 Å². The Kier molecular flexibility index (Phi) is 2.61. The first-order valence-electron chi connectivity index (χ1n) is 4.63. The number of rotatable bonds is 2. The summed E-state index contributed by atoms with van der Waals surface area (Å²) >= 11 is 0. The van der Waals surface area contributed by atoms with Crippen LogP contribution in [0.4, 0.5) is 0 Å². The molecule has 0 spiro atoms. The summed E-state index contributed by atoms with van der Waals surface area (Å²) in [5, 5.41) is 3.77. The van der Waals surface area contributed by atoms with Crippen LogP contribution in [0.2, 0.25) is 0 Å². The Morgan fingerprint density at radius 1 is 1.46 bits per heavy atom. The van der Waals surface area contributed by atoms with Gasteiger partial charge in [-0.3, -0.25) is 0 Å². The van der Waals surface area contributed by atoms with Crippen LogP contribution in [-0.4, -0.2) is 18.4 Å². The molecule has 2 heterocycles. The highest BCUT2D eigenvalue weighted by Crippen LogP contribution is 2.28. The largest absolute Gasteiger partial charge is 0.381 e. The van der Waals surface area contributed by atoms with E-state index >= 15 is 0 Å². The molecule has 0 saturated carbocycles. The van der Waals surface area contributed by atoms with Crippen molar-refractivity contribution >= 4 is 0 Å². The van der Waals surface area contributed by atoms with E-state index in [1.165, 1.54) is 0 Å². The van der Waals surface area contributed by atoms with E-state index in [-0.39, 0.29) is 0 Å². The van der Waals surface area contributed by atoms with Crippen LogP contribution in [0, 0.1) is 0 Å². The summed E-state index contributed by atoms with van der Waals surface area (Å²) in [6, 6.07) is 0. The van der Waals surface area contributed by atoms with Gasteiger partial charge in [0.05, 0.1) is 6.20 Å². The van der Waals surface area contributed by atoms with Crippen molar-refractivity contribution in [3.05, 3.63) is 17.5 Å². The lowest BCUT2D eigenvalue weighted by Gasteiger charge is -2.20. The first-order valence-corrected chi connectivity index (χ1v) is 4.63. The zero-order valence-corrected chi connectivity index (χ0v) is 7.53. The molecule has 1 aromatic rings. The van der Waals surface area contributed by atoms with Crippen LogP contribution in [0.5, 0.6) is 0 Å². The van der Waals surface area contributed by atoms with E-state index in [0.717, 1.165) is 37.4 Å².